The smallest absolute Gasteiger partial charge is 0.270 e. The van der Waals surface area contributed by atoms with Crippen LogP contribution in [0.5, 0.6) is 11.5 Å². The highest BCUT2D eigenvalue weighted by Gasteiger charge is 2.29. The summed E-state index contributed by atoms with van der Waals surface area (Å²) < 4.78 is 26.7. The van der Waals surface area contributed by atoms with Gasteiger partial charge in [0.2, 0.25) is 6.10 Å². The minimum Gasteiger partial charge on any atom is -0.485 e. The summed E-state index contributed by atoms with van der Waals surface area (Å²) >= 11 is 0. The second kappa shape index (κ2) is 7.18. The van der Waals surface area contributed by atoms with E-state index in [1.807, 2.05) is 37.4 Å². The van der Waals surface area contributed by atoms with Crippen LogP contribution < -0.4 is 14.8 Å². The number of carbonyl (C=O) groups excluding carboxylic acids is 1. The third-order valence-corrected chi connectivity index (χ3v) is 4.94. The molecule has 0 bridgehead atoms. The standard InChI is InChI=1S/C23H18FN3O3/c1-14-10-11-27-20(12-14)25-21(15-6-8-16(24)9-7-15)22(27)26-23(28)19-13-29-17-4-2-3-5-18(17)30-19/h2-12,19H,13H2,1H3,(H,26,28)/t19-/m1/s1. The normalized spacial score (nSPS) is 15.2. The molecule has 150 valence electrons. The second-order valence-corrected chi connectivity index (χ2v) is 7.10. The van der Waals surface area contributed by atoms with E-state index in [9.17, 15) is 9.18 Å². The molecule has 0 saturated carbocycles. The van der Waals surface area contributed by atoms with Crippen molar-refractivity contribution >= 4 is 17.4 Å². The summed E-state index contributed by atoms with van der Waals surface area (Å²) in [6.45, 7) is 2.07. The van der Waals surface area contributed by atoms with Crippen LogP contribution in [-0.4, -0.2) is 28.0 Å². The van der Waals surface area contributed by atoms with Gasteiger partial charge >= 0.3 is 0 Å². The Morgan fingerprint density at radius 3 is 2.70 bits per heavy atom. The van der Waals surface area contributed by atoms with Gasteiger partial charge in [-0.15, -0.1) is 0 Å². The molecule has 1 atom stereocenters. The molecule has 1 aliphatic rings. The highest BCUT2D eigenvalue weighted by Crippen LogP contribution is 2.33. The number of para-hydroxylation sites is 2. The molecule has 0 radical (unpaired) electrons. The molecule has 4 aromatic rings. The number of aromatic nitrogens is 2. The summed E-state index contributed by atoms with van der Waals surface area (Å²) in [7, 11) is 0. The van der Waals surface area contributed by atoms with E-state index in [0.717, 1.165) is 5.56 Å². The van der Waals surface area contributed by atoms with E-state index in [4.69, 9.17) is 9.47 Å². The zero-order valence-electron chi connectivity index (χ0n) is 16.1. The van der Waals surface area contributed by atoms with Gasteiger partial charge in [-0.3, -0.25) is 9.20 Å². The lowest BCUT2D eigenvalue weighted by molar-refractivity contribution is -0.125. The number of fused-ring (bicyclic) bond motifs is 2. The number of aryl methyl sites for hydroxylation is 1. The average molecular weight is 403 g/mol. The van der Waals surface area contributed by atoms with Gasteiger partial charge in [0.1, 0.15) is 29.6 Å². The SMILES string of the molecule is Cc1ccn2c(NC(=O)[C@H]3COc4ccccc4O3)c(-c3ccc(F)cc3)nc2c1. The Morgan fingerprint density at radius 1 is 1.13 bits per heavy atom. The van der Waals surface area contributed by atoms with E-state index in [1.54, 1.807) is 28.7 Å². The maximum atomic E-state index is 13.4. The first-order valence-corrected chi connectivity index (χ1v) is 9.52. The molecule has 1 aliphatic heterocycles. The largest absolute Gasteiger partial charge is 0.485 e. The third-order valence-electron chi connectivity index (χ3n) is 4.94. The van der Waals surface area contributed by atoms with Crippen molar-refractivity contribution in [2.45, 2.75) is 13.0 Å². The van der Waals surface area contributed by atoms with Gasteiger partial charge in [0, 0.05) is 11.8 Å². The summed E-state index contributed by atoms with van der Waals surface area (Å²) in [5.74, 6) is 0.935. The van der Waals surface area contributed by atoms with Crippen LogP contribution >= 0.6 is 0 Å². The Hall–Kier alpha value is -3.87. The molecule has 0 spiro atoms. The number of ether oxygens (including phenoxy) is 2. The molecule has 0 unspecified atom stereocenters. The van der Waals surface area contributed by atoms with E-state index in [2.05, 4.69) is 10.3 Å². The van der Waals surface area contributed by atoms with Crippen LogP contribution in [0.1, 0.15) is 5.56 Å². The summed E-state index contributed by atoms with van der Waals surface area (Å²) in [4.78, 5) is 17.7. The van der Waals surface area contributed by atoms with Crippen molar-refractivity contribution in [3.05, 3.63) is 78.2 Å². The monoisotopic (exact) mass is 403 g/mol. The minimum atomic E-state index is -0.808. The minimum absolute atomic E-state index is 0.102. The number of benzene rings is 2. The Kier molecular flexibility index (Phi) is 4.35. The molecule has 3 heterocycles. The van der Waals surface area contributed by atoms with Crippen LogP contribution in [-0.2, 0) is 4.79 Å². The fourth-order valence-corrected chi connectivity index (χ4v) is 3.42. The first-order chi connectivity index (χ1) is 14.6. The van der Waals surface area contributed by atoms with E-state index >= 15 is 0 Å². The number of imidazole rings is 1. The van der Waals surface area contributed by atoms with Crippen molar-refractivity contribution in [1.82, 2.24) is 9.38 Å². The number of amides is 1. The van der Waals surface area contributed by atoms with Crippen LogP contribution in [0.3, 0.4) is 0 Å². The van der Waals surface area contributed by atoms with Gasteiger partial charge in [-0.2, -0.15) is 0 Å². The zero-order valence-corrected chi connectivity index (χ0v) is 16.1. The number of nitrogens with one attached hydrogen (secondary N) is 1. The number of halogens is 1. The van der Waals surface area contributed by atoms with Crippen LogP contribution in [0.25, 0.3) is 16.9 Å². The van der Waals surface area contributed by atoms with Gasteiger partial charge in [-0.1, -0.05) is 12.1 Å². The first-order valence-electron chi connectivity index (χ1n) is 9.52. The number of hydrogen-bond donors (Lipinski definition) is 1. The lowest BCUT2D eigenvalue weighted by Gasteiger charge is -2.25. The number of carbonyl (C=O) groups is 1. The van der Waals surface area contributed by atoms with E-state index in [0.29, 0.717) is 34.2 Å². The van der Waals surface area contributed by atoms with E-state index in [1.165, 1.54) is 12.1 Å². The maximum Gasteiger partial charge on any atom is 0.270 e. The van der Waals surface area contributed by atoms with E-state index < -0.39 is 6.10 Å². The maximum absolute atomic E-state index is 13.4. The lowest BCUT2D eigenvalue weighted by atomic mass is 10.1. The van der Waals surface area contributed by atoms with Crippen LogP contribution in [0.2, 0.25) is 0 Å². The molecule has 0 fully saturated rings. The van der Waals surface area contributed by atoms with E-state index in [-0.39, 0.29) is 18.3 Å². The summed E-state index contributed by atoms with van der Waals surface area (Å²) in [6.07, 6.45) is 1.03. The van der Waals surface area contributed by atoms with Gasteiger partial charge in [0.05, 0.1) is 0 Å². The molecule has 30 heavy (non-hydrogen) atoms. The quantitative estimate of drug-likeness (QED) is 0.556. The Labute approximate surface area is 171 Å². The predicted octanol–water partition coefficient (Wildman–Crippen LogP) is 4.23. The Bertz CT molecular complexity index is 1250. The number of pyridine rings is 1. The molecule has 7 heteroatoms. The van der Waals surface area contributed by atoms with Gasteiger partial charge in [-0.05, 0) is 61.0 Å². The Balaban J connectivity index is 1.51. The summed E-state index contributed by atoms with van der Waals surface area (Å²) in [5.41, 5.74) is 2.96. The van der Waals surface area contributed by atoms with Crippen molar-refractivity contribution < 1.29 is 18.7 Å². The van der Waals surface area contributed by atoms with Crippen molar-refractivity contribution in [2.75, 3.05) is 11.9 Å². The molecule has 6 nitrogen and oxygen atoms in total. The number of hydrogen-bond acceptors (Lipinski definition) is 4. The topological polar surface area (TPSA) is 64.9 Å². The first kappa shape index (κ1) is 18.2. The fraction of sp³-hybridized carbons (Fsp3) is 0.130. The average Bonchev–Trinajstić information content (AvgIpc) is 3.11. The second-order valence-electron chi connectivity index (χ2n) is 7.10. The van der Waals surface area contributed by atoms with Gasteiger partial charge in [0.25, 0.3) is 5.91 Å². The highest BCUT2D eigenvalue weighted by atomic mass is 19.1. The lowest BCUT2D eigenvalue weighted by Crippen LogP contribution is -2.40. The van der Waals surface area contributed by atoms with Crippen LogP contribution in [0.15, 0.2) is 66.9 Å². The zero-order chi connectivity index (χ0) is 20.7. The molecule has 0 saturated heterocycles. The highest BCUT2D eigenvalue weighted by molar-refractivity contribution is 5.97. The van der Waals surface area contributed by atoms with Crippen molar-refractivity contribution in [3.63, 3.8) is 0 Å². The van der Waals surface area contributed by atoms with Gasteiger partial charge in [0.15, 0.2) is 11.5 Å². The van der Waals surface area contributed by atoms with Gasteiger partial charge in [-0.25, -0.2) is 9.37 Å². The summed E-state index contributed by atoms with van der Waals surface area (Å²) in [5, 5.41) is 2.93. The molecule has 0 aliphatic carbocycles. The number of anilines is 1. The molecule has 1 amide bonds. The molecule has 1 N–H and O–H groups in total. The molecule has 5 rings (SSSR count). The fourth-order valence-electron chi connectivity index (χ4n) is 3.42. The molecular weight excluding hydrogens is 385 g/mol. The van der Waals surface area contributed by atoms with Crippen LogP contribution in [0.4, 0.5) is 10.2 Å². The Morgan fingerprint density at radius 2 is 1.90 bits per heavy atom. The van der Waals surface area contributed by atoms with Crippen molar-refractivity contribution in [3.8, 4) is 22.8 Å². The molecule has 2 aromatic carbocycles. The van der Waals surface area contributed by atoms with Gasteiger partial charge < -0.3 is 14.8 Å². The number of nitrogens with zero attached hydrogens (tertiary/aromatic N) is 2. The predicted molar refractivity (Wildman–Crippen MR) is 110 cm³/mol. The van der Waals surface area contributed by atoms with Crippen molar-refractivity contribution in [1.29, 1.82) is 0 Å². The third kappa shape index (κ3) is 3.24. The summed E-state index contributed by atoms with van der Waals surface area (Å²) in [6, 6.07) is 17.1. The molecule has 2 aromatic heterocycles. The van der Waals surface area contributed by atoms with Crippen LogP contribution in [0, 0.1) is 12.7 Å². The van der Waals surface area contributed by atoms with Crippen molar-refractivity contribution in [2.24, 2.45) is 0 Å². The number of rotatable bonds is 3. The molecular formula is C23H18FN3O3.